The zero-order valence-corrected chi connectivity index (χ0v) is 44.0. The summed E-state index contributed by atoms with van der Waals surface area (Å²) in [5.41, 5.74) is 21.2. The van der Waals surface area contributed by atoms with Gasteiger partial charge in [-0.25, -0.2) is 9.97 Å². The standard InChI is InChI=1S/C76H49N5/c1-4-22-50(23-5-1)53-42-43-74-66(46-53)63-36-14-19-41-73(63)81(74)75-64(54-28-20-30-57(44-54)79-69-37-15-10-32-59(69)60-33-11-16-38-70(60)79)47-56(76-77-67(51-24-6-2-7-25-51)49-68(78-76)52-26-8-3-9-27-52)48-65(75)55-29-21-31-58(45-55)80-71-39-17-12-34-61(71)62-35-13-18-40-72(62)80/h1-49H. The number of para-hydroxylation sites is 5. The zero-order chi connectivity index (χ0) is 53.4. The predicted molar refractivity (Wildman–Crippen MR) is 338 cm³/mol. The van der Waals surface area contributed by atoms with Crippen molar-refractivity contribution in [3.8, 4) is 84.3 Å². The summed E-state index contributed by atoms with van der Waals surface area (Å²) in [5.74, 6) is 0.635. The molecule has 0 fully saturated rings. The topological polar surface area (TPSA) is 40.6 Å². The van der Waals surface area contributed by atoms with Gasteiger partial charge in [0.1, 0.15) is 0 Å². The van der Waals surface area contributed by atoms with Crippen LogP contribution in [0.2, 0.25) is 0 Å². The average Bonchev–Trinajstić information content (AvgIpc) is 4.37. The molecule has 0 radical (unpaired) electrons. The van der Waals surface area contributed by atoms with E-state index in [9.17, 15) is 0 Å². The van der Waals surface area contributed by atoms with Crippen molar-refractivity contribution in [3.63, 3.8) is 0 Å². The van der Waals surface area contributed by atoms with Gasteiger partial charge in [0.2, 0.25) is 0 Å². The molecule has 0 atom stereocenters. The molecule has 0 aliphatic heterocycles. The third-order valence-corrected chi connectivity index (χ3v) is 16.2. The van der Waals surface area contributed by atoms with Gasteiger partial charge in [0.05, 0.1) is 50.2 Å². The van der Waals surface area contributed by atoms with Crippen LogP contribution in [0.5, 0.6) is 0 Å². The van der Waals surface area contributed by atoms with Gasteiger partial charge in [-0.2, -0.15) is 0 Å². The van der Waals surface area contributed by atoms with E-state index in [-0.39, 0.29) is 0 Å². The number of fused-ring (bicyclic) bond motifs is 9. The highest BCUT2D eigenvalue weighted by molar-refractivity contribution is 6.13. The maximum atomic E-state index is 5.53. The van der Waals surface area contributed by atoms with Gasteiger partial charge in [-0.15, -0.1) is 0 Å². The molecule has 81 heavy (non-hydrogen) atoms. The lowest BCUT2D eigenvalue weighted by atomic mass is 9.91. The van der Waals surface area contributed by atoms with Crippen molar-refractivity contribution in [2.75, 3.05) is 0 Å². The highest BCUT2D eigenvalue weighted by atomic mass is 15.0. The first kappa shape index (κ1) is 46.2. The van der Waals surface area contributed by atoms with Crippen LogP contribution in [0, 0.1) is 0 Å². The van der Waals surface area contributed by atoms with Crippen LogP contribution in [0.25, 0.3) is 150 Å². The molecule has 0 spiro atoms. The van der Waals surface area contributed by atoms with Crippen molar-refractivity contribution in [3.05, 3.63) is 297 Å². The van der Waals surface area contributed by atoms with E-state index in [2.05, 4.69) is 311 Å². The fourth-order valence-corrected chi connectivity index (χ4v) is 12.6. The lowest BCUT2D eigenvalue weighted by molar-refractivity contribution is 1.16. The summed E-state index contributed by atoms with van der Waals surface area (Å²) in [4.78, 5) is 11.1. The molecule has 12 aromatic carbocycles. The summed E-state index contributed by atoms with van der Waals surface area (Å²) >= 11 is 0. The first-order valence-corrected chi connectivity index (χ1v) is 27.6. The fraction of sp³-hybridized carbons (Fsp3) is 0. The van der Waals surface area contributed by atoms with Crippen molar-refractivity contribution in [2.24, 2.45) is 0 Å². The Balaban J connectivity index is 1.04. The molecule has 5 heteroatoms. The van der Waals surface area contributed by atoms with E-state index in [1.807, 2.05) is 0 Å². The summed E-state index contributed by atoms with van der Waals surface area (Å²) in [6, 6.07) is 108. The number of benzene rings is 12. The van der Waals surface area contributed by atoms with Crippen molar-refractivity contribution < 1.29 is 0 Å². The van der Waals surface area contributed by atoms with Crippen LogP contribution in [0.4, 0.5) is 0 Å². The second-order valence-corrected chi connectivity index (χ2v) is 20.9. The first-order chi connectivity index (χ1) is 40.2. The fourth-order valence-electron chi connectivity index (χ4n) is 12.6. The Kier molecular flexibility index (Phi) is 10.8. The quantitative estimate of drug-likeness (QED) is 0.145. The van der Waals surface area contributed by atoms with E-state index in [0.29, 0.717) is 5.82 Å². The van der Waals surface area contributed by atoms with Gasteiger partial charge in [0.25, 0.3) is 0 Å². The van der Waals surface area contributed by atoms with Crippen LogP contribution in [0.3, 0.4) is 0 Å². The van der Waals surface area contributed by atoms with Crippen LogP contribution >= 0.6 is 0 Å². The molecule has 4 aromatic heterocycles. The summed E-state index contributed by atoms with van der Waals surface area (Å²) in [7, 11) is 0. The summed E-state index contributed by atoms with van der Waals surface area (Å²) in [6.07, 6.45) is 0. The van der Waals surface area contributed by atoms with E-state index in [1.54, 1.807) is 0 Å². The van der Waals surface area contributed by atoms with Gasteiger partial charge in [-0.3, -0.25) is 0 Å². The van der Waals surface area contributed by atoms with Crippen LogP contribution in [0.15, 0.2) is 297 Å². The van der Waals surface area contributed by atoms with Crippen molar-refractivity contribution in [2.45, 2.75) is 0 Å². The van der Waals surface area contributed by atoms with E-state index >= 15 is 0 Å². The monoisotopic (exact) mass is 1030 g/mol. The molecular weight excluding hydrogens is 983 g/mol. The minimum atomic E-state index is 0.635. The Morgan fingerprint density at radius 1 is 0.210 bits per heavy atom. The van der Waals surface area contributed by atoms with Gasteiger partial charge < -0.3 is 13.7 Å². The van der Waals surface area contributed by atoms with Crippen molar-refractivity contribution >= 4 is 65.4 Å². The van der Waals surface area contributed by atoms with Gasteiger partial charge in [-0.05, 0) is 107 Å². The minimum Gasteiger partial charge on any atom is -0.309 e. The smallest absolute Gasteiger partial charge is 0.160 e. The Bertz CT molecular complexity index is 4760. The van der Waals surface area contributed by atoms with Crippen LogP contribution in [0.1, 0.15) is 0 Å². The molecule has 378 valence electrons. The highest BCUT2D eigenvalue weighted by Crippen LogP contribution is 2.46. The molecule has 0 bridgehead atoms. The van der Waals surface area contributed by atoms with Crippen LogP contribution < -0.4 is 0 Å². The Morgan fingerprint density at radius 2 is 0.568 bits per heavy atom. The normalized spacial score (nSPS) is 11.7. The summed E-state index contributed by atoms with van der Waals surface area (Å²) in [6.45, 7) is 0. The number of rotatable bonds is 9. The van der Waals surface area contributed by atoms with E-state index in [0.717, 1.165) is 100 Å². The molecule has 16 aromatic rings. The summed E-state index contributed by atoms with van der Waals surface area (Å²) in [5, 5.41) is 7.23. The van der Waals surface area contributed by atoms with Gasteiger partial charge in [0.15, 0.2) is 5.82 Å². The SMILES string of the molecule is c1ccc(-c2ccc3c(c2)c2ccccc2n3-c2c(-c3cccc(-n4c5ccccc5c5ccccc54)c3)cc(-c3nc(-c4ccccc4)cc(-c4ccccc4)n3)cc2-c2cccc(-n3c4ccccc4c4ccccc43)c2)cc1. The second-order valence-electron chi connectivity index (χ2n) is 20.9. The molecule has 0 aliphatic carbocycles. The number of hydrogen-bond acceptors (Lipinski definition) is 2. The molecule has 0 amide bonds. The van der Waals surface area contributed by atoms with E-state index in [4.69, 9.17) is 9.97 Å². The molecule has 16 rings (SSSR count). The molecule has 0 aliphatic rings. The molecule has 0 saturated heterocycles. The van der Waals surface area contributed by atoms with Crippen molar-refractivity contribution in [1.29, 1.82) is 0 Å². The van der Waals surface area contributed by atoms with Gasteiger partial charge >= 0.3 is 0 Å². The maximum Gasteiger partial charge on any atom is 0.160 e. The third-order valence-electron chi connectivity index (χ3n) is 16.2. The third kappa shape index (κ3) is 7.70. The second kappa shape index (κ2) is 18.9. The molecule has 5 nitrogen and oxygen atoms in total. The van der Waals surface area contributed by atoms with E-state index < -0.39 is 0 Å². The van der Waals surface area contributed by atoms with Crippen molar-refractivity contribution in [1.82, 2.24) is 23.7 Å². The predicted octanol–water partition coefficient (Wildman–Crippen LogP) is 19.8. The van der Waals surface area contributed by atoms with Crippen LogP contribution in [-0.4, -0.2) is 23.7 Å². The highest BCUT2D eigenvalue weighted by Gasteiger charge is 2.25. The first-order valence-electron chi connectivity index (χ1n) is 27.6. The van der Waals surface area contributed by atoms with Gasteiger partial charge in [-0.1, -0.05) is 212 Å². The largest absolute Gasteiger partial charge is 0.309 e. The maximum absolute atomic E-state index is 5.53. The lowest BCUT2D eigenvalue weighted by Crippen LogP contribution is -2.04. The number of nitrogens with zero attached hydrogens (tertiary/aromatic N) is 5. The minimum absolute atomic E-state index is 0.635. The zero-order valence-electron chi connectivity index (χ0n) is 44.0. The molecule has 0 saturated carbocycles. The lowest BCUT2D eigenvalue weighted by Gasteiger charge is -2.22. The molecule has 0 N–H and O–H groups in total. The molecule has 4 heterocycles. The molecule has 0 unspecified atom stereocenters. The van der Waals surface area contributed by atoms with Gasteiger partial charge in [0, 0.05) is 71.5 Å². The molecular formula is C76H49N5. The Labute approximate surface area is 468 Å². The van der Waals surface area contributed by atoms with Crippen LogP contribution in [-0.2, 0) is 0 Å². The summed E-state index contributed by atoms with van der Waals surface area (Å²) < 4.78 is 7.35. The Morgan fingerprint density at radius 3 is 1.01 bits per heavy atom. The number of aromatic nitrogens is 5. The number of hydrogen-bond donors (Lipinski definition) is 0. The van der Waals surface area contributed by atoms with E-state index in [1.165, 1.54) is 43.4 Å². The Hall–Kier alpha value is -10.9. The average molecular weight is 1030 g/mol.